The topological polar surface area (TPSA) is 44.5 Å². The van der Waals surface area contributed by atoms with Crippen LogP contribution in [0.25, 0.3) is 0 Å². The Kier molecular flexibility index (Phi) is 6.13. The highest BCUT2D eigenvalue weighted by Gasteiger charge is 2.29. The average molecular weight is 356 g/mol. The zero-order chi connectivity index (χ0) is 15.3. The van der Waals surface area contributed by atoms with Crippen LogP contribution in [0, 0.1) is 0 Å². The smallest absolute Gasteiger partial charge is 0.422 e. The summed E-state index contributed by atoms with van der Waals surface area (Å²) in [4.78, 5) is 0. The Bertz CT molecular complexity index is 452. The molecule has 0 saturated heterocycles. The van der Waals surface area contributed by atoms with Gasteiger partial charge in [0.25, 0.3) is 0 Å². The molecule has 0 aliphatic heterocycles. The predicted molar refractivity (Wildman–Crippen MR) is 74.2 cm³/mol. The van der Waals surface area contributed by atoms with Gasteiger partial charge in [0.15, 0.2) is 18.1 Å². The van der Waals surface area contributed by atoms with Gasteiger partial charge in [0.1, 0.15) is 0 Å². The highest BCUT2D eigenvalue weighted by Crippen LogP contribution is 2.37. The molecule has 0 aliphatic rings. The Labute approximate surface area is 124 Å². The van der Waals surface area contributed by atoms with Gasteiger partial charge < -0.3 is 15.2 Å². The first-order valence-corrected chi connectivity index (χ1v) is 6.87. The lowest BCUT2D eigenvalue weighted by Gasteiger charge is -2.16. The van der Waals surface area contributed by atoms with Gasteiger partial charge in [-0.15, -0.1) is 0 Å². The first kappa shape index (κ1) is 17.1. The van der Waals surface area contributed by atoms with Crippen LogP contribution in [-0.2, 0) is 6.42 Å². The fourth-order valence-electron chi connectivity index (χ4n) is 1.63. The number of hydrogen-bond donors (Lipinski definition) is 1. The highest BCUT2D eigenvalue weighted by atomic mass is 79.9. The lowest BCUT2D eigenvalue weighted by molar-refractivity contribution is -0.153. The van der Waals surface area contributed by atoms with Crippen LogP contribution < -0.4 is 15.2 Å². The molecule has 3 nitrogen and oxygen atoms in total. The van der Waals surface area contributed by atoms with Gasteiger partial charge in [-0.05, 0) is 46.5 Å². The van der Waals surface area contributed by atoms with Crippen molar-refractivity contribution in [2.45, 2.75) is 32.0 Å². The minimum absolute atomic E-state index is 0.00597. The second kappa shape index (κ2) is 7.17. The summed E-state index contributed by atoms with van der Waals surface area (Å²) in [5.74, 6) is 0.292. The molecular weight excluding hydrogens is 339 g/mol. The van der Waals surface area contributed by atoms with Gasteiger partial charge in [0, 0.05) is 6.04 Å². The number of nitrogens with two attached hydrogens (primary N) is 1. The van der Waals surface area contributed by atoms with Crippen molar-refractivity contribution in [3.8, 4) is 11.5 Å². The summed E-state index contributed by atoms with van der Waals surface area (Å²) in [7, 11) is 1.38. The van der Waals surface area contributed by atoms with E-state index in [9.17, 15) is 13.2 Å². The SMILES string of the molecule is CCC(N)Cc1cc(Br)c(OCC(F)(F)F)c(OC)c1. The van der Waals surface area contributed by atoms with Gasteiger partial charge >= 0.3 is 6.18 Å². The molecule has 20 heavy (non-hydrogen) atoms. The molecule has 1 aromatic rings. The van der Waals surface area contributed by atoms with Crippen LogP contribution >= 0.6 is 15.9 Å². The number of methoxy groups -OCH3 is 1. The number of ether oxygens (including phenoxy) is 2. The molecule has 1 atom stereocenters. The zero-order valence-electron chi connectivity index (χ0n) is 11.3. The molecule has 0 aliphatic carbocycles. The molecule has 0 bridgehead atoms. The molecule has 0 aromatic heterocycles. The summed E-state index contributed by atoms with van der Waals surface area (Å²) < 4.78 is 46.9. The normalized spacial score (nSPS) is 13.2. The molecule has 1 rings (SSSR count). The summed E-state index contributed by atoms with van der Waals surface area (Å²) in [6.07, 6.45) is -2.97. The molecule has 114 valence electrons. The van der Waals surface area contributed by atoms with Gasteiger partial charge in [-0.25, -0.2) is 0 Å². The van der Waals surface area contributed by atoms with Crippen LogP contribution in [0.5, 0.6) is 11.5 Å². The third-order valence-electron chi connectivity index (χ3n) is 2.69. The minimum Gasteiger partial charge on any atom is -0.493 e. The van der Waals surface area contributed by atoms with Crippen molar-refractivity contribution in [2.24, 2.45) is 5.73 Å². The molecular formula is C13H17BrF3NO2. The van der Waals surface area contributed by atoms with E-state index < -0.39 is 12.8 Å². The van der Waals surface area contributed by atoms with Crippen LogP contribution in [0.4, 0.5) is 13.2 Å². The van der Waals surface area contributed by atoms with Crippen molar-refractivity contribution >= 4 is 15.9 Å². The molecule has 0 saturated carbocycles. The van der Waals surface area contributed by atoms with Crippen molar-refractivity contribution in [3.63, 3.8) is 0 Å². The predicted octanol–water partition coefficient (Wildman–Crippen LogP) is 3.68. The minimum atomic E-state index is -4.40. The van der Waals surface area contributed by atoms with Crippen molar-refractivity contribution in [1.82, 2.24) is 0 Å². The van der Waals surface area contributed by atoms with Crippen LogP contribution in [0.15, 0.2) is 16.6 Å². The Morgan fingerprint density at radius 1 is 1.35 bits per heavy atom. The van der Waals surface area contributed by atoms with Crippen LogP contribution in [-0.4, -0.2) is 25.9 Å². The molecule has 0 radical (unpaired) electrons. The van der Waals surface area contributed by atoms with Crippen molar-refractivity contribution in [2.75, 3.05) is 13.7 Å². The highest BCUT2D eigenvalue weighted by molar-refractivity contribution is 9.10. The number of alkyl halides is 3. The third kappa shape index (κ3) is 5.20. The van der Waals surface area contributed by atoms with Crippen LogP contribution in [0.3, 0.4) is 0 Å². The maximum absolute atomic E-state index is 12.2. The van der Waals surface area contributed by atoms with Gasteiger partial charge in [0.2, 0.25) is 0 Å². The average Bonchev–Trinajstić information content (AvgIpc) is 2.35. The Balaban J connectivity index is 2.96. The fourth-order valence-corrected chi connectivity index (χ4v) is 2.24. The monoisotopic (exact) mass is 355 g/mol. The first-order valence-electron chi connectivity index (χ1n) is 6.08. The molecule has 1 unspecified atom stereocenters. The quantitative estimate of drug-likeness (QED) is 0.846. The van der Waals surface area contributed by atoms with Crippen LogP contribution in [0.1, 0.15) is 18.9 Å². The number of halogens is 4. The van der Waals surface area contributed by atoms with Gasteiger partial charge in [-0.3, -0.25) is 0 Å². The van der Waals surface area contributed by atoms with E-state index in [1.165, 1.54) is 7.11 Å². The van der Waals surface area contributed by atoms with E-state index >= 15 is 0 Å². The fraction of sp³-hybridized carbons (Fsp3) is 0.538. The molecule has 0 amide bonds. The van der Waals surface area contributed by atoms with Crippen molar-refractivity contribution in [1.29, 1.82) is 0 Å². The summed E-state index contributed by atoms with van der Waals surface area (Å²) in [6, 6.07) is 3.34. The number of hydrogen-bond acceptors (Lipinski definition) is 3. The Morgan fingerprint density at radius 2 is 2.00 bits per heavy atom. The van der Waals surface area contributed by atoms with Gasteiger partial charge in [0.05, 0.1) is 11.6 Å². The van der Waals surface area contributed by atoms with Crippen LogP contribution in [0.2, 0.25) is 0 Å². The van der Waals surface area contributed by atoms with E-state index in [4.69, 9.17) is 15.2 Å². The number of rotatable bonds is 6. The van der Waals surface area contributed by atoms with E-state index in [1.54, 1.807) is 12.1 Å². The maximum Gasteiger partial charge on any atom is 0.422 e. The lowest BCUT2D eigenvalue weighted by atomic mass is 10.0. The third-order valence-corrected chi connectivity index (χ3v) is 3.28. The lowest BCUT2D eigenvalue weighted by Crippen LogP contribution is -2.21. The van der Waals surface area contributed by atoms with E-state index in [2.05, 4.69) is 15.9 Å². The van der Waals surface area contributed by atoms with Crippen molar-refractivity contribution in [3.05, 3.63) is 22.2 Å². The van der Waals surface area contributed by atoms with Gasteiger partial charge in [-0.1, -0.05) is 6.92 Å². The zero-order valence-corrected chi connectivity index (χ0v) is 12.8. The maximum atomic E-state index is 12.2. The standard InChI is InChI=1S/C13H17BrF3NO2/c1-3-9(18)4-8-5-10(14)12(11(6-8)19-2)20-7-13(15,16)17/h5-6,9H,3-4,7,18H2,1-2H3. The summed E-state index contributed by atoms with van der Waals surface area (Å²) in [5.41, 5.74) is 6.74. The second-order valence-corrected chi connectivity index (χ2v) is 5.24. The molecule has 1 aromatic carbocycles. The van der Waals surface area contributed by atoms with E-state index in [0.717, 1.165) is 12.0 Å². The Hall–Kier alpha value is -0.950. The first-order chi connectivity index (χ1) is 9.26. The largest absolute Gasteiger partial charge is 0.493 e. The molecule has 0 fully saturated rings. The summed E-state index contributed by atoms with van der Waals surface area (Å²) in [6.45, 7) is 0.605. The second-order valence-electron chi connectivity index (χ2n) is 4.39. The van der Waals surface area contributed by atoms with Gasteiger partial charge in [-0.2, -0.15) is 13.2 Å². The molecule has 2 N–H and O–H groups in total. The van der Waals surface area contributed by atoms with Crippen molar-refractivity contribution < 1.29 is 22.6 Å². The van der Waals surface area contributed by atoms with E-state index in [-0.39, 0.29) is 17.5 Å². The molecule has 7 heteroatoms. The Morgan fingerprint density at radius 3 is 2.50 bits per heavy atom. The molecule has 0 heterocycles. The number of benzene rings is 1. The van der Waals surface area contributed by atoms with E-state index in [1.807, 2.05) is 6.92 Å². The molecule has 0 spiro atoms. The summed E-state index contributed by atoms with van der Waals surface area (Å²) >= 11 is 3.21. The van der Waals surface area contributed by atoms with E-state index in [0.29, 0.717) is 10.9 Å². The summed E-state index contributed by atoms with van der Waals surface area (Å²) in [5, 5.41) is 0.